The van der Waals surface area contributed by atoms with Crippen molar-refractivity contribution in [3.05, 3.63) is 34.2 Å². The van der Waals surface area contributed by atoms with Gasteiger partial charge in [-0.05, 0) is 81.2 Å². The van der Waals surface area contributed by atoms with E-state index < -0.39 is 12.6 Å². The molecule has 2 aliphatic heterocycles. The lowest BCUT2D eigenvalue weighted by atomic mass is 9.79. The van der Waals surface area contributed by atoms with E-state index in [2.05, 4.69) is 17.3 Å². The highest BCUT2D eigenvalue weighted by Crippen LogP contribution is 2.32. The highest BCUT2D eigenvalue weighted by molar-refractivity contribution is 7.20. The number of piperidine rings is 2. The molecule has 0 unspecified atom stereocenters. The number of aliphatic hydroxyl groups excluding tert-OH is 1. The highest BCUT2D eigenvalue weighted by atomic mass is 35.5. The number of fused-ring (bicyclic) bond motifs is 1. The number of hydrogen-bond acceptors (Lipinski definition) is 5. The number of benzene rings is 1. The van der Waals surface area contributed by atoms with Gasteiger partial charge in [0, 0.05) is 22.8 Å². The fraction of sp³-hybridized carbons (Fsp3) is 0.565. The Morgan fingerprint density at radius 2 is 1.75 bits per heavy atom. The van der Waals surface area contributed by atoms with Crippen LogP contribution in [-0.4, -0.2) is 72.6 Å². The molecule has 0 bridgehead atoms. The summed E-state index contributed by atoms with van der Waals surface area (Å²) in [7, 11) is 2.18. The second kappa shape index (κ2) is 11.2. The lowest BCUT2D eigenvalue weighted by Crippen LogP contribution is -2.52. The minimum atomic E-state index is -0.916. The molecule has 2 fully saturated rings. The van der Waals surface area contributed by atoms with Crippen LogP contribution in [-0.2, 0) is 4.79 Å². The third-order valence-corrected chi connectivity index (χ3v) is 8.10. The molecule has 0 radical (unpaired) electrons. The average molecular weight is 500 g/mol. The van der Waals surface area contributed by atoms with Crippen molar-refractivity contribution in [1.29, 1.82) is 0 Å². The SMILES string of the molecule is CN1CCC(C2CCN(C(=O)[C@@H](CO)NC(=O)c3cc4ccc(Cl)cc4s3)CC2)CC1.Cl. The monoisotopic (exact) mass is 499 g/mol. The summed E-state index contributed by atoms with van der Waals surface area (Å²) in [6.07, 6.45) is 4.49. The third-order valence-electron chi connectivity index (χ3n) is 6.77. The molecule has 32 heavy (non-hydrogen) atoms. The van der Waals surface area contributed by atoms with Crippen molar-refractivity contribution in [3.8, 4) is 0 Å². The van der Waals surface area contributed by atoms with Gasteiger partial charge in [-0.15, -0.1) is 23.7 Å². The van der Waals surface area contributed by atoms with Gasteiger partial charge in [-0.1, -0.05) is 17.7 Å². The number of aliphatic hydroxyl groups is 1. The van der Waals surface area contributed by atoms with Gasteiger partial charge in [0.15, 0.2) is 0 Å². The van der Waals surface area contributed by atoms with Crippen LogP contribution in [0.5, 0.6) is 0 Å². The predicted molar refractivity (Wildman–Crippen MR) is 132 cm³/mol. The number of amides is 2. The summed E-state index contributed by atoms with van der Waals surface area (Å²) in [6.45, 7) is 3.31. The van der Waals surface area contributed by atoms with Gasteiger partial charge < -0.3 is 20.2 Å². The maximum absolute atomic E-state index is 13.0. The zero-order chi connectivity index (χ0) is 22.0. The van der Waals surface area contributed by atoms with Crippen LogP contribution >= 0.6 is 35.3 Å². The number of carbonyl (C=O) groups excluding carboxylic acids is 2. The van der Waals surface area contributed by atoms with Crippen LogP contribution in [0.15, 0.2) is 24.3 Å². The van der Waals surface area contributed by atoms with E-state index in [1.54, 1.807) is 17.0 Å². The smallest absolute Gasteiger partial charge is 0.262 e. The highest BCUT2D eigenvalue weighted by Gasteiger charge is 2.33. The molecule has 176 valence electrons. The first kappa shape index (κ1) is 25.2. The topological polar surface area (TPSA) is 72.9 Å². The molecular formula is C23H31Cl2N3O3S. The largest absolute Gasteiger partial charge is 0.394 e. The van der Waals surface area contributed by atoms with E-state index in [1.165, 1.54) is 24.2 Å². The van der Waals surface area contributed by atoms with Gasteiger partial charge in [0.2, 0.25) is 5.91 Å². The Hall–Kier alpha value is -1.38. The van der Waals surface area contributed by atoms with Crippen molar-refractivity contribution in [2.24, 2.45) is 11.8 Å². The molecule has 0 spiro atoms. The van der Waals surface area contributed by atoms with E-state index >= 15 is 0 Å². The van der Waals surface area contributed by atoms with Crippen LogP contribution in [0.1, 0.15) is 35.4 Å². The van der Waals surface area contributed by atoms with Crippen molar-refractivity contribution in [2.45, 2.75) is 31.7 Å². The zero-order valence-corrected chi connectivity index (χ0v) is 20.6. The van der Waals surface area contributed by atoms with Gasteiger partial charge in [0.1, 0.15) is 6.04 Å². The molecule has 0 saturated carbocycles. The Kier molecular flexibility index (Phi) is 8.81. The Bertz CT molecular complexity index is 938. The maximum atomic E-state index is 13.0. The molecule has 2 saturated heterocycles. The zero-order valence-electron chi connectivity index (χ0n) is 18.3. The third kappa shape index (κ3) is 5.75. The molecule has 2 amide bonds. The first-order chi connectivity index (χ1) is 14.9. The molecule has 2 aromatic rings. The van der Waals surface area contributed by atoms with Gasteiger partial charge in [0.25, 0.3) is 5.91 Å². The second-order valence-corrected chi connectivity index (χ2v) is 10.3. The van der Waals surface area contributed by atoms with E-state index in [4.69, 9.17) is 11.6 Å². The van der Waals surface area contributed by atoms with E-state index in [1.807, 2.05) is 12.1 Å². The number of nitrogens with zero attached hydrogens (tertiary/aromatic N) is 2. The number of halogens is 2. The quantitative estimate of drug-likeness (QED) is 0.658. The summed E-state index contributed by atoms with van der Waals surface area (Å²) in [6, 6.07) is 6.35. The fourth-order valence-electron chi connectivity index (χ4n) is 4.84. The van der Waals surface area contributed by atoms with Crippen molar-refractivity contribution in [1.82, 2.24) is 15.1 Å². The first-order valence-corrected chi connectivity index (χ1v) is 12.2. The normalized spacial score (nSPS) is 19.5. The molecule has 2 aliphatic rings. The molecule has 1 aromatic carbocycles. The summed E-state index contributed by atoms with van der Waals surface area (Å²) in [5.74, 6) is 0.890. The minimum Gasteiger partial charge on any atom is -0.394 e. The summed E-state index contributed by atoms with van der Waals surface area (Å²) in [5.41, 5.74) is 0. The Labute approximate surface area is 204 Å². The second-order valence-electron chi connectivity index (χ2n) is 8.80. The van der Waals surface area contributed by atoms with Crippen molar-refractivity contribution < 1.29 is 14.7 Å². The van der Waals surface area contributed by atoms with Crippen LogP contribution in [0.25, 0.3) is 10.1 Å². The number of carbonyl (C=O) groups is 2. The van der Waals surface area contributed by atoms with E-state index in [0.29, 0.717) is 28.9 Å². The van der Waals surface area contributed by atoms with Crippen LogP contribution in [0.3, 0.4) is 0 Å². The Balaban J connectivity index is 0.00000289. The fourth-order valence-corrected chi connectivity index (χ4v) is 6.09. The Morgan fingerprint density at radius 1 is 1.12 bits per heavy atom. The molecule has 6 nitrogen and oxygen atoms in total. The molecule has 1 atom stereocenters. The lowest BCUT2D eigenvalue weighted by molar-refractivity contribution is -0.136. The molecule has 3 heterocycles. The summed E-state index contributed by atoms with van der Waals surface area (Å²) < 4.78 is 0.917. The van der Waals surface area contributed by atoms with Crippen LogP contribution < -0.4 is 5.32 Å². The summed E-state index contributed by atoms with van der Waals surface area (Å²) in [5, 5.41) is 14.1. The summed E-state index contributed by atoms with van der Waals surface area (Å²) in [4.78, 5) is 30.4. The van der Waals surface area contributed by atoms with E-state index in [0.717, 1.165) is 41.9 Å². The van der Waals surface area contributed by atoms with Crippen LogP contribution in [0.2, 0.25) is 5.02 Å². The lowest BCUT2D eigenvalue weighted by Gasteiger charge is -2.40. The number of nitrogens with one attached hydrogen (secondary N) is 1. The van der Waals surface area contributed by atoms with Crippen molar-refractivity contribution in [3.63, 3.8) is 0 Å². The molecule has 1 aromatic heterocycles. The van der Waals surface area contributed by atoms with Gasteiger partial charge in [0.05, 0.1) is 11.5 Å². The standard InChI is InChI=1S/C23H30ClN3O3S.ClH/c1-26-8-4-15(5-9-26)16-6-10-27(11-7-16)23(30)19(14-28)25-22(29)21-12-17-2-3-18(24)13-20(17)31-21;/h2-3,12-13,15-16,19,28H,4-11,14H2,1H3,(H,25,29);1H/t19-;/m1./s1. The van der Waals surface area contributed by atoms with Gasteiger partial charge in [-0.3, -0.25) is 9.59 Å². The van der Waals surface area contributed by atoms with E-state index in [9.17, 15) is 14.7 Å². The number of rotatable bonds is 5. The molecule has 9 heteroatoms. The summed E-state index contributed by atoms with van der Waals surface area (Å²) >= 11 is 7.36. The maximum Gasteiger partial charge on any atom is 0.262 e. The van der Waals surface area contributed by atoms with E-state index in [-0.39, 0.29) is 24.2 Å². The van der Waals surface area contributed by atoms with Crippen molar-refractivity contribution in [2.75, 3.05) is 39.8 Å². The predicted octanol–water partition coefficient (Wildman–Crippen LogP) is 3.65. The first-order valence-electron chi connectivity index (χ1n) is 11.0. The van der Waals surface area contributed by atoms with Gasteiger partial charge in [-0.25, -0.2) is 0 Å². The molecular weight excluding hydrogens is 469 g/mol. The Morgan fingerprint density at radius 3 is 2.38 bits per heavy atom. The van der Waals surface area contributed by atoms with Gasteiger partial charge >= 0.3 is 0 Å². The molecule has 0 aliphatic carbocycles. The number of likely N-dealkylation sites (tertiary alicyclic amines) is 2. The van der Waals surface area contributed by atoms with Gasteiger partial charge in [-0.2, -0.15) is 0 Å². The number of thiophene rings is 1. The van der Waals surface area contributed by atoms with Crippen LogP contribution in [0, 0.1) is 11.8 Å². The average Bonchev–Trinajstić information content (AvgIpc) is 3.21. The number of hydrogen-bond donors (Lipinski definition) is 2. The molecule has 4 rings (SSSR count). The molecule has 2 N–H and O–H groups in total. The minimum absolute atomic E-state index is 0. The van der Waals surface area contributed by atoms with Crippen molar-refractivity contribution >= 4 is 57.2 Å². The van der Waals surface area contributed by atoms with Crippen LogP contribution in [0.4, 0.5) is 0 Å².